The summed E-state index contributed by atoms with van der Waals surface area (Å²) in [6.45, 7) is 4.42. The molecule has 1 aliphatic heterocycles. The molecule has 172 valence electrons. The van der Waals surface area contributed by atoms with Crippen LogP contribution < -0.4 is 19.5 Å². The average Bonchev–Trinajstić information content (AvgIpc) is 3.02. The number of hydrogen-bond donors (Lipinski definition) is 2. The summed E-state index contributed by atoms with van der Waals surface area (Å²) in [7, 11) is -0.581. The second-order valence-corrected chi connectivity index (χ2v) is 9.12. The van der Waals surface area contributed by atoms with E-state index in [0.717, 1.165) is 0 Å². The van der Waals surface area contributed by atoms with Crippen molar-refractivity contribution < 1.29 is 27.4 Å². The molecule has 10 heteroatoms. The highest BCUT2D eigenvalue weighted by Crippen LogP contribution is 2.30. The Hall–Kier alpha value is -3.11. The van der Waals surface area contributed by atoms with Gasteiger partial charge in [-0.1, -0.05) is 26.0 Å². The number of methoxy groups -OCH3 is 2. The van der Waals surface area contributed by atoms with Gasteiger partial charge in [0.05, 0.1) is 18.6 Å². The minimum absolute atomic E-state index is 0.148. The molecule has 9 nitrogen and oxygen atoms in total. The van der Waals surface area contributed by atoms with Crippen molar-refractivity contribution in [1.29, 1.82) is 0 Å². The molecule has 1 atom stereocenters. The van der Waals surface area contributed by atoms with E-state index in [-0.39, 0.29) is 22.6 Å². The molecule has 0 radical (unpaired) electrons. The first-order valence-corrected chi connectivity index (χ1v) is 11.6. The monoisotopic (exact) mass is 461 g/mol. The second kappa shape index (κ2) is 10.0. The third-order valence-corrected chi connectivity index (χ3v) is 6.20. The zero-order valence-corrected chi connectivity index (χ0v) is 19.2. The van der Waals surface area contributed by atoms with Crippen molar-refractivity contribution in [1.82, 2.24) is 4.72 Å². The standard InChI is InChI=1S/C22H27N3O6S/c1-14(2)20(24-21-16-7-5-6-8-19(16)32(27,28)25-21)22(26)23-15-9-10-17(30-4)18(13-15)31-12-11-29-3/h5-10,13-14,20H,11-12H2,1-4H3,(H,23,26)(H,24,25)/t20-/m0/s1. The Morgan fingerprint density at radius 3 is 2.53 bits per heavy atom. The molecule has 2 aromatic carbocycles. The first kappa shape index (κ1) is 23.6. The Kier molecular flexibility index (Phi) is 7.37. The molecule has 0 unspecified atom stereocenters. The molecular weight excluding hydrogens is 434 g/mol. The molecule has 0 spiro atoms. The molecule has 1 heterocycles. The quantitative estimate of drug-likeness (QED) is 0.554. The number of ether oxygens (including phenoxy) is 3. The zero-order chi connectivity index (χ0) is 23.3. The lowest BCUT2D eigenvalue weighted by atomic mass is 10.0. The van der Waals surface area contributed by atoms with Crippen LogP contribution in [0.25, 0.3) is 0 Å². The molecule has 0 fully saturated rings. The number of nitrogens with zero attached hydrogens (tertiary/aromatic N) is 1. The van der Waals surface area contributed by atoms with Gasteiger partial charge in [0.2, 0.25) is 5.91 Å². The highest BCUT2D eigenvalue weighted by molar-refractivity contribution is 7.90. The van der Waals surface area contributed by atoms with Crippen LogP contribution in [0.1, 0.15) is 19.4 Å². The van der Waals surface area contributed by atoms with E-state index in [1.807, 2.05) is 13.8 Å². The van der Waals surface area contributed by atoms with Gasteiger partial charge in [0.1, 0.15) is 18.5 Å². The molecule has 32 heavy (non-hydrogen) atoms. The summed E-state index contributed by atoms with van der Waals surface area (Å²) in [5, 5.41) is 2.83. The summed E-state index contributed by atoms with van der Waals surface area (Å²) in [6, 6.07) is 10.8. The number of rotatable bonds is 9. The molecule has 0 saturated carbocycles. The summed E-state index contributed by atoms with van der Waals surface area (Å²) in [4.78, 5) is 17.7. The van der Waals surface area contributed by atoms with E-state index >= 15 is 0 Å². The van der Waals surface area contributed by atoms with Gasteiger partial charge >= 0.3 is 0 Å². The Bertz CT molecular complexity index is 1110. The summed E-state index contributed by atoms with van der Waals surface area (Å²) in [5.74, 6) is 0.594. The Labute approximate surface area is 187 Å². The molecule has 2 N–H and O–H groups in total. The van der Waals surface area contributed by atoms with E-state index in [1.165, 1.54) is 13.2 Å². The lowest BCUT2D eigenvalue weighted by molar-refractivity contribution is -0.118. The molecule has 2 aromatic rings. The van der Waals surface area contributed by atoms with Gasteiger partial charge in [0, 0.05) is 24.4 Å². The minimum Gasteiger partial charge on any atom is -0.493 e. The highest BCUT2D eigenvalue weighted by atomic mass is 32.2. The number of carbonyl (C=O) groups is 1. The maximum absolute atomic E-state index is 13.1. The van der Waals surface area contributed by atoms with E-state index in [4.69, 9.17) is 14.2 Å². The van der Waals surface area contributed by atoms with Gasteiger partial charge in [-0.25, -0.2) is 8.42 Å². The number of benzene rings is 2. The van der Waals surface area contributed by atoms with Crippen molar-refractivity contribution in [3.05, 3.63) is 48.0 Å². The second-order valence-electron chi connectivity index (χ2n) is 7.46. The van der Waals surface area contributed by atoms with Crippen LogP contribution in [-0.2, 0) is 19.6 Å². The van der Waals surface area contributed by atoms with Gasteiger partial charge in [-0.15, -0.1) is 0 Å². The highest BCUT2D eigenvalue weighted by Gasteiger charge is 2.32. The van der Waals surface area contributed by atoms with Gasteiger partial charge < -0.3 is 19.5 Å². The molecular formula is C22H27N3O6S. The fraction of sp³-hybridized carbons (Fsp3) is 0.364. The summed E-state index contributed by atoms with van der Waals surface area (Å²) in [5.41, 5.74) is 0.950. The number of nitrogens with one attached hydrogen (secondary N) is 2. The van der Waals surface area contributed by atoms with Crippen LogP contribution in [0.2, 0.25) is 0 Å². The van der Waals surface area contributed by atoms with E-state index < -0.39 is 16.1 Å². The number of aliphatic imine (C=N–C) groups is 1. The third kappa shape index (κ3) is 5.20. The van der Waals surface area contributed by atoms with Gasteiger partial charge in [-0.2, -0.15) is 0 Å². The first-order valence-electron chi connectivity index (χ1n) is 10.1. The SMILES string of the molecule is COCCOc1cc(NC(=O)[C@@H](N=C2NS(=O)(=O)c3ccccc32)C(C)C)ccc1OC. The zero-order valence-electron chi connectivity index (χ0n) is 18.4. The Balaban J connectivity index is 1.84. The fourth-order valence-electron chi connectivity index (χ4n) is 3.20. The average molecular weight is 462 g/mol. The molecule has 0 bridgehead atoms. The lowest BCUT2D eigenvalue weighted by Crippen LogP contribution is -2.34. The van der Waals surface area contributed by atoms with E-state index in [9.17, 15) is 13.2 Å². The van der Waals surface area contributed by atoms with Crippen molar-refractivity contribution in [2.75, 3.05) is 32.8 Å². The van der Waals surface area contributed by atoms with Crippen LogP contribution in [0, 0.1) is 5.92 Å². The van der Waals surface area contributed by atoms with Gasteiger partial charge in [0.25, 0.3) is 10.0 Å². The smallest absolute Gasteiger partial charge is 0.263 e. The van der Waals surface area contributed by atoms with Crippen LogP contribution in [0.15, 0.2) is 52.4 Å². The lowest BCUT2D eigenvalue weighted by Gasteiger charge is -2.18. The number of amidine groups is 1. The molecule has 0 aliphatic carbocycles. The molecule has 3 rings (SSSR count). The number of anilines is 1. The molecule has 0 saturated heterocycles. The fourth-order valence-corrected chi connectivity index (χ4v) is 4.44. The minimum atomic E-state index is -3.69. The van der Waals surface area contributed by atoms with E-state index in [1.54, 1.807) is 43.5 Å². The number of fused-ring (bicyclic) bond motifs is 1. The Morgan fingerprint density at radius 1 is 1.09 bits per heavy atom. The number of hydrogen-bond acceptors (Lipinski definition) is 7. The van der Waals surface area contributed by atoms with Gasteiger partial charge in [-0.3, -0.25) is 14.5 Å². The van der Waals surface area contributed by atoms with Crippen LogP contribution in [0.5, 0.6) is 11.5 Å². The Morgan fingerprint density at radius 2 is 1.84 bits per heavy atom. The summed E-state index contributed by atoms with van der Waals surface area (Å²) in [6.07, 6.45) is 0. The number of carbonyl (C=O) groups excluding carboxylic acids is 1. The van der Waals surface area contributed by atoms with Crippen LogP contribution in [0.4, 0.5) is 5.69 Å². The van der Waals surface area contributed by atoms with E-state index in [2.05, 4.69) is 15.0 Å². The van der Waals surface area contributed by atoms with Crippen molar-refractivity contribution in [2.45, 2.75) is 24.8 Å². The van der Waals surface area contributed by atoms with Crippen LogP contribution >= 0.6 is 0 Å². The van der Waals surface area contributed by atoms with Gasteiger partial charge in [0.15, 0.2) is 11.5 Å². The normalized spacial score (nSPS) is 16.3. The topological polar surface area (TPSA) is 115 Å². The van der Waals surface area contributed by atoms with Crippen molar-refractivity contribution in [3.8, 4) is 11.5 Å². The number of sulfonamides is 1. The van der Waals surface area contributed by atoms with Crippen molar-refractivity contribution in [3.63, 3.8) is 0 Å². The molecule has 1 aliphatic rings. The largest absolute Gasteiger partial charge is 0.493 e. The predicted octanol–water partition coefficient (Wildman–Crippen LogP) is 2.42. The molecule has 0 aromatic heterocycles. The first-order chi connectivity index (χ1) is 15.3. The number of amides is 1. The summed E-state index contributed by atoms with van der Waals surface area (Å²) < 4.78 is 43.1. The van der Waals surface area contributed by atoms with E-state index in [0.29, 0.717) is 36.0 Å². The predicted molar refractivity (Wildman–Crippen MR) is 121 cm³/mol. The maximum Gasteiger partial charge on any atom is 0.263 e. The van der Waals surface area contributed by atoms with Crippen molar-refractivity contribution in [2.24, 2.45) is 10.9 Å². The maximum atomic E-state index is 13.1. The van der Waals surface area contributed by atoms with Crippen LogP contribution in [-0.4, -0.2) is 53.6 Å². The molecule has 1 amide bonds. The summed E-state index contributed by atoms with van der Waals surface area (Å²) >= 11 is 0. The van der Waals surface area contributed by atoms with Crippen LogP contribution in [0.3, 0.4) is 0 Å². The van der Waals surface area contributed by atoms with Crippen molar-refractivity contribution >= 4 is 27.5 Å². The van der Waals surface area contributed by atoms with Gasteiger partial charge in [-0.05, 0) is 30.2 Å². The third-order valence-electron chi connectivity index (χ3n) is 4.81.